The first kappa shape index (κ1) is 14.1. The van der Waals surface area contributed by atoms with Crippen LogP contribution in [0.5, 0.6) is 0 Å². The molecule has 0 amide bonds. The summed E-state index contributed by atoms with van der Waals surface area (Å²) < 4.78 is 40.4. The molecule has 0 radical (unpaired) electrons. The van der Waals surface area contributed by atoms with E-state index in [-0.39, 0.29) is 12.0 Å². The lowest BCUT2D eigenvalue weighted by atomic mass is 9.99. The third-order valence-electron chi connectivity index (χ3n) is 2.85. The zero-order valence-corrected chi connectivity index (χ0v) is 11.4. The van der Waals surface area contributed by atoms with Gasteiger partial charge in [0, 0.05) is 11.6 Å². The molecule has 100 valence electrons. The van der Waals surface area contributed by atoms with Crippen LogP contribution < -0.4 is 5.73 Å². The Morgan fingerprint density at radius 2 is 1.63 bits per heavy atom. The first-order chi connectivity index (χ1) is 9.00. The Morgan fingerprint density at radius 3 is 2.37 bits per heavy atom. The summed E-state index contributed by atoms with van der Waals surface area (Å²) in [5, 5.41) is 0. The summed E-state index contributed by atoms with van der Waals surface area (Å²) in [6.45, 7) is 0. The zero-order chi connectivity index (χ0) is 14.0. The van der Waals surface area contributed by atoms with Crippen LogP contribution in [-0.4, -0.2) is 0 Å². The van der Waals surface area contributed by atoms with Crippen LogP contribution in [0, 0.1) is 17.5 Å². The molecule has 0 saturated heterocycles. The Kier molecular flexibility index (Phi) is 4.27. The molecule has 0 heterocycles. The van der Waals surface area contributed by atoms with Crippen molar-refractivity contribution in [1.29, 1.82) is 0 Å². The fourth-order valence-electron chi connectivity index (χ4n) is 1.86. The van der Waals surface area contributed by atoms with Crippen molar-refractivity contribution < 1.29 is 13.2 Å². The summed E-state index contributed by atoms with van der Waals surface area (Å²) in [4.78, 5) is 0. The van der Waals surface area contributed by atoms with E-state index in [0.29, 0.717) is 10.0 Å². The Bertz CT molecular complexity index is 601. The van der Waals surface area contributed by atoms with Crippen LogP contribution in [0.25, 0.3) is 0 Å². The lowest BCUT2D eigenvalue weighted by molar-refractivity contribution is 0.487. The minimum atomic E-state index is -0.956. The van der Waals surface area contributed by atoms with Crippen LogP contribution in [0.3, 0.4) is 0 Å². The van der Waals surface area contributed by atoms with Crippen LogP contribution in [0.1, 0.15) is 17.2 Å². The van der Waals surface area contributed by atoms with Crippen LogP contribution in [0.2, 0.25) is 0 Å². The van der Waals surface area contributed by atoms with Gasteiger partial charge in [0.1, 0.15) is 5.82 Å². The largest absolute Gasteiger partial charge is 0.324 e. The van der Waals surface area contributed by atoms with E-state index in [4.69, 9.17) is 5.73 Å². The van der Waals surface area contributed by atoms with Crippen LogP contribution in [0.15, 0.2) is 40.9 Å². The van der Waals surface area contributed by atoms with Gasteiger partial charge in [-0.05, 0) is 40.0 Å². The average molecular weight is 330 g/mol. The van der Waals surface area contributed by atoms with Crippen molar-refractivity contribution in [3.05, 3.63) is 69.4 Å². The molecule has 5 heteroatoms. The quantitative estimate of drug-likeness (QED) is 0.901. The highest BCUT2D eigenvalue weighted by Crippen LogP contribution is 2.26. The first-order valence-electron chi connectivity index (χ1n) is 5.63. The fraction of sp³-hybridized carbons (Fsp3) is 0.143. The molecular weight excluding hydrogens is 319 g/mol. The molecule has 0 fully saturated rings. The second-order valence-electron chi connectivity index (χ2n) is 4.17. The van der Waals surface area contributed by atoms with Gasteiger partial charge in [-0.1, -0.05) is 24.3 Å². The SMILES string of the molecule is NC(Cc1cccc(F)c1Br)c1cccc(F)c1F. The molecule has 0 aliphatic carbocycles. The van der Waals surface area contributed by atoms with Crippen molar-refractivity contribution in [2.45, 2.75) is 12.5 Å². The molecule has 2 N–H and O–H groups in total. The molecule has 1 unspecified atom stereocenters. The summed E-state index contributed by atoms with van der Waals surface area (Å²) in [7, 11) is 0. The van der Waals surface area contributed by atoms with E-state index in [0.717, 1.165) is 6.07 Å². The summed E-state index contributed by atoms with van der Waals surface area (Å²) in [5.74, 6) is -2.31. The van der Waals surface area contributed by atoms with E-state index in [1.54, 1.807) is 12.1 Å². The van der Waals surface area contributed by atoms with Gasteiger partial charge in [-0.15, -0.1) is 0 Å². The van der Waals surface area contributed by atoms with Crippen molar-refractivity contribution in [2.24, 2.45) is 5.73 Å². The van der Waals surface area contributed by atoms with Crippen LogP contribution in [-0.2, 0) is 6.42 Å². The number of benzene rings is 2. The van der Waals surface area contributed by atoms with Gasteiger partial charge >= 0.3 is 0 Å². The average Bonchev–Trinajstić information content (AvgIpc) is 2.38. The maximum atomic E-state index is 13.6. The molecule has 0 spiro atoms. The number of rotatable bonds is 3. The molecule has 19 heavy (non-hydrogen) atoms. The van der Waals surface area contributed by atoms with E-state index < -0.39 is 23.5 Å². The van der Waals surface area contributed by atoms with Crippen molar-refractivity contribution in [3.8, 4) is 0 Å². The molecular formula is C14H11BrF3N. The standard InChI is InChI=1S/C14H11BrF3N/c15-13-8(3-1-5-10(13)16)7-12(19)9-4-2-6-11(17)14(9)18/h1-6,12H,7,19H2. The van der Waals surface area contributed by atoms with Gasteiger partial charge in [0.15, 0.2) is 11.6 Å². The van der Waals surface area contributed by atoms with Gasteiger partial charge in [0.2, 0.25) is 0 Å². The van der Waals surface area contributed by atoms with Gasteiger partial charge in [0.25, 0.3) is 0 Å². The minimum absolute atomic E-state index is 0.0798. The predicted octanol–water partition coefficient (Wildman–Crippen LogP) is 4.11. The molecule has 2 rings (SSSR count). The van der Waals surface area contributed by atoms with Gasteiger partial charge < -0.3 is 5.73 Å². The second-order valence-corrected chi connectivity index (χ2v) is 4.96. The van der Waals surface area contributed by atoms with Crippen molar-refractivity contribution in [3.63, 3.8) is 0 Å². The van der Waals surface area contributed by atoms with Crippen molar-refractivity contribution >= 4 is 15.9 Å². The number of halogens is 4. The maximum Gasteiger partial charge on any atom is 0.163 e. The topological polar surface area (TPSA) is 26.0 Å². The van der Waals surface area contributed by atoms with Gasteiger partial charge in [-0.25, -0.2) is 13.2 Å². The molecule has 2 aromatic carbocycles. The highest BCUT2D eigenvalue weighted by atomic mass is 79.9. The number of hydrogen-bond donors (Lipinski definition) is 1. The molecule has 0 saturated carbocycles. The predicted molar refractivity (Wildman–Crippen MR) is 71.1 cm³/mol. The van der Waals surface area contributed by atoms with E-state index in [1.165, 1.54) is 18.2 Å². The van der Waals surface area contributed by atoms with Gasteiger partial charge in [0.05, 0.1) is 4.47 Å². The number of hydrogen-bond acceptors (Lipinski definition) is 1. The third kappa shape index (κ3) is 2.98. The summed E-state index contributed by atoms with van der Waals surface area (Å²) >= 11 is 3.12. The Labute approximate surface area is 117 Å². The molecule has 1 nitrogen and oxygen atoms in total. The summed E-state index contributed by atoms with van der Waals surface area (Å²) in [5.41, 5.74) is 6.55. The highest BCUT2D eigenvalue weighted by Gasteiger charge is 2.16. The Morgan fingerprint density at radius 1 is 1.00 bits per heavy atom. The van der Waals surface area contributed by atoms with Crippen LogP contribution in [0.4, 0.5) is 13.2 Å². The third-order valence-corrected chi connectivity index (χ3v) is 3.74. The Hall–Kier alpha value is -1.33. The van der Waals surface area contributed by atoms with Gasteiger partial charge in [-0.2, -0.15) is 0 Å². The van der Waals surface area contributed by atoms with E-state index >= 15 is 0 Å². The number of nitrogens with two attached hydrogens (primary N) is 1. The van der Waals surface area contributed by atoms with E-state index in [2.05, 4.69) is 15.9 Å². The molecule has 2 aromatic rings. The molecule has 0 aliphatic heterocycles. The lowest BCUT2D eigenvalue weighted by Crippen LogP contribution is -2.16. The monoisotopic (exact) mass is 329 g/mol. The van der Waals surface area contributed by atoms with E-state index in [1.807, 2.05) is 0 Å². The van der Waals surface area contributed by atoms with E-state index in [9.17, 15) is 13.2 Å². The summed E-state index contributed by atoms with van der Waals surface area (Å²) in [6, 6.07) is 7.65. The zero-order valence-electron chi connectivity index (χ0n) is 9.84. The van der Waals surface area contributed by atoms with Gasteiger partial charge in [-0.3, -0.25) is 0 Å². The molecule has 0 bridgehead atoms. The lowest BCUT2D eigenvalue weighted by Gasteiger charge is -2.14. The van der Waals surface area contributed by atoms with Crippen molar-refractivity contribution in [1.82, 2.24) is 0 Å². The molecule has 0 aliphatic rings. The maximum absolute atomic E-state index is 13.6. The molecule has 0 aromatic heterocycles. The molecule has 1 atom stereocenters. The van der Waals surface area contributed by atoms with Crippen molar-refractivity contribution in [2.75, 3.05) is 0 Å². The highest BCUT2D eigenvalue weighted by molar-refractivity contribution is 9.10. The minimum Gasteiger partial charge on any atom is -0.324 e. The first-order valence-corrected chi connectivity index (χ1v) is 6.42. The normalized spacial score (nSPS) is 12.5. The smallest absolute Gasteiger partial charge is 0.163 e. The summed E-state index contributed by atoms with van der Waals surface area (Å²) in [6.07, 6.45) is 0.207. The second kappa shape index (κ2) is 5.75. The Balaban J connectivity index is 2.28. The van der Waals surface area contributed by atoms with Crippen LogP contribution >= 0.6 is 15.9 Å². The fourth-order valence-corrected chi connectivity index (χ4v) is 2.29.